The highest BCUT2D eigenvalue weighted by atomic mass is 16.2. The molecule has 0 aliphatic carbocycles. The molecule has 0 radical (unpaired) electrons. The summed E-state index contributed by atoms with van der Waals surface area (Å²) in [5.74, 6) is 2.20. The Morgan fingerprint density at radius 2 is 1.65 bits per heavy atom. The van der Waals surface area contributed by atoms with Gasteiger partial charge in [0.25, 0.3) is 0 Å². The summed E-state index contributed by atoms with van der Waals surface area (Å²) in [5.41, 5.74) is 2.94. The summed E-state index contributed by atoms with van der Waals surface area (Å²) < 4.78 is 1.84. The first-order chi connectivity index (χ1) is 15.2. The average Bonchev–Trinajstić information content (AvgIpc) is 3.03. The SMILES string of the molecule is Cc1ccccc1-c1nnc2ccc(N3CCC(C(=O)N4CCCCCC4)CC3)nn12. The zero-order chi connectivity index (χ0) is 21.2. The van der Waals surface area contributed by atoms with Crippen molar-refractivity contribution in [3.8, 4) is 11.4 Å². The number of carbonyl (C=O) groups excluding carboxylic acids is 1. The van der Waals surface area contributed by atoms with E-state index in [2.05, 4.69) is 39.1 Å². The Bertz CT molecular complexity index is 1060. The maximum atomic E-state index is 13.0. The number of piperidine rings is 1. The highest BCUT2D eigenvalue weighted by molar-refractivity contribution is 5.79. The number of nitrogens with zero attached hydrogens (tertiary/aromatic N) is 6. The molecule has 31 heavy (non-hydrogen) atoms. The molecule has 2 aliphatic heterocycles. The van der Waals surface area contributed by atoms with E-state index in [0.29, 0.717) is 5.91 Å². The summed E-state index contributed by atoms with van der Waals surface area (Å²) in [6, 6.07) is 12.2. The third-order valence-electron chi connectivity index (χ3n) is 6.72. The molecule has 0 N–H and O–H groups in total. The molecule has 2 saturated heterocycles. The first-order valence-corrected chi connectivity index (χ1v) is 11.5. The Morgan fingerprint density at radius 3 is 2.39 bits per heavy atom. The summed E-state index contributed by atoms with van der Waals surface area (Å²) in [5, 5.41) is 13.6. The van der Waals surface area contributed by atoms with Crippen LogP contribution in [0.3, 0.4) is 0 Å². The molecular weight excluding hydrogens is 388 g/mol. The van der Waals surface area contributed by atoms with Crippen LogP contribution in [-0.2, 0) is 4.79 Å². The number of anilines is 1. The lowest BCUT2D eigenvalue weighted by Gasteiger charge is -2.34. The van der Waals surface area contributed by atoms with Gasteiger partial charge in [-0.05, 0) is 50.3 Å². The molecule has 0 saturated carbocycles. The van der Waals surface area contributed by atoms with Crippen molar-refractivity contribution in [2.24, 2.45) is 5.92 Å². The standard InChI is InChI=1S/C24H30N6O/c1-18-8-4-5-9-20(18)23-26-25-21-10-11-22(27-30(21)23)28-16-12-19(13-17-28)24(31)29-14-6-2-3-7-15-29/h4-5,8-11,19H,2-3,6-7,12-17H2,1H3. The van der Waals surface area contributed by atoms with Crippen molar-refractivity contribution in [3.63, 3.8) is 0 Å². The van der Waals surface area contributed by atoms with Crippen molar-refractivity contribution in [3.05, 3.63) is 42.0 Å². The molecular formula is C24H30N6O. The van der Waals surface area contributed by atoms with E-state index < -0.39 is 0 Å². The topological polar surface area (TPSA) is 66.6 Å². The van der Waals surface area contributed by atoms with E-state index in [9.17, 15) is 4.79 Å². The van der Waals surface area contributed by atoms with Gasteiger partial charge in [-0.15, -0.1) is 15.3 Å². The van der Waals surface area contributed by atoms with Crippen molar-refractivity contribution >= 4 is 17.4 Å². The third-order valence-corrected chi connectivity index (χ3v) is 6.72. The van der Waals surface area contributed by atoms with Gasteiger partial charge in [-0.2, -0.15) is 4.52 Å². The smallest absolute Gasteiger partial charge is 0.225 e. The van der Waals surface area contributed by atoms with E-state index in [1.54, 1.807) is 0 Å². The lowest BCUT2D eigenvalue weighted by molar-refractivity contribution is -0.136. The van der Waals surface area contributed by atoms with Crippen LogP contribution in [0, 0.1) is 12.8 Å². The second kappa shape index (κ2) is 8.65. The van der Waals surface area contributed by atoms with Crippen molar-refractivity contribution in [2.45, 2.75) is 45.4 Å². The fourth-order valence-corrected chi connectivity index (χ4v) is 4.84. The number of amides is 1. The number of likely N-dealkylation sites (tertiary alicyclic amines) is 1. The normalized spacial score (nSPS) is 18.4. The number of aryl methyl sites for hydroxylation is 1. The number of carbonyl (C=O) groups is 1. The molecule has 5 rings (SSSR count). The number of rotatable bonds is 3. The molecule has 7 heteroatoms. The summed E-state index contributed by atoms with van der Waals surface area (Å²) >= 11 is 0. The maximum absolute atomic E-state index is 13.0. The second-order valence-corrected chi connectivity index (χ2v) is 8.80. The number of fused-ring (bicyclic) bond motifs is 1. The van der Waals surface area contributed by atoms with Crippen LogP contribution in [0.15, 0.2) is 36.4 Å². The van der Waals surface area contributed by atoms with E-state index in [1.165, 1.54) is 12.8 Å². The largest absolute Gasteiger partial charge is 0.355 e. The highest BCUT2D eigenvalue weighted by Crippen LogP contribution is 2.26. The molecule has 1 aromatic carbocycles. The summed E-state index contributed by atoms with van der Waals surface area (Å²) in [7, 11) is 0. The summed E-state index contributed by atoms with van der Waals surface area (Å²) in [6.45, 7) is 5.65. The van der Waals surface area contributed by atoms with Gasteiger partial charge in [-0.3, -0.25) is 4.79 Å². The lowest BCUT2D eigenvalue weighted by atomic mass is 9.95. The minimum Gasteiger partial charge on any atom is -0.355 e. The molecule has 4 heterocycles. The molecule has 2 aromatic heterocycles. The molecule has 0 spiro atoms. The predicted molar refractivity (Wildman–Crippen MR) is 121 cm³/mol. The van der Waals surface area contributed by atoms with Gasteiger partial charge in [0.05, 0.1) is 0 Å². The number of hydrogen-bond donors (Lipinski definition) is 0. The second-order valence-electron chi connectivity index (χ2n) is 8.80. The van der Waals surface area contributed by atoms with E-state index in [4.69, 9.17) is 5.10 Å². The molecule has 3 aromatic rings. The molecule has 7 nitrogen and oxygen atoms in total. The Hall–Kier alpha value is -2.96. The zero-order valence-electron chi connectivity index (χ0n) is 18.2. The van der Waals surface area contributed by atoms with E-state index in [1.807, 2.05) is 28.8 Å². The van der Waals surface area contributed by atoms with Crippen molar-refractivity contribution < 1.29 is 4.79 Å². The number of hydrogen-bond acceptors (Lipinski definition) is 5. The number of benzene rings is 1. The van der Waals surface area contributed by atoms with E-state index in [0.717, 1.165) is 80.3 Å². The van der Waals surface area contributed by atoms with Crippen molar-refractivity contribution in [1.82, 2.24) is 24.7 Å². The first kappa shape index (κ1) is 20.0. The lowest BCUT2D eigenvalue weighted by Crippen LogP contribution is -2.43. The fraction of sp³-hybridized carbons (Fsp3) is 0.500. The molecule has 2 aliphatic rings. The molecule has 0 unspecified atom stereocenters. The average molecular weight is 419 g/mol. The van der Waals surface area contributed by atoms with E-state index >= 15 is 0 Å². The minimum absolute atomic E-state index is 0.149. The molecule has 0 bridgehead atoms. The van der Waals surface area contributed by atoms with Crippen LogP contribution in [0.1, 0.15) is 44.1 Å². The Morgan fingerprint density at radius 1 is 0.903 bits per heavy atom. The van der Waals surface area contributed by atoms with Crippen molar-refractivity contribution in [2.75, 3.05) is 31.1 Å². The van der Waals surface area contributed by atoms with E-state index in [-0.39, 0.29) is 5.92 Å². The van der Waals surface area contributed by atoms with Crippen LogP contribution in [0.5, 0.6) is 0 Å². The Labute approximate surface area is 183 Å². The van der Waals surface area contributed by atoms with Crippen molar-refractivity contribution in [1.29, 1.82) is 0 Å². The van der Waals surface area contributed by atoms with Gasteiger partial charge in [0.2, 0.25) is 5.91 Å². The zero-order valence-corrected chi connectivity index (χ0v) is 18.2. The van der Waals surface area contributed by atoms with Gasteiger partial charge in [-0.25, -0.2) is 0 Å². The van der Waals surface area contributed by atoms with Gasteiger partial charge in [0.1, 0.15) is 5.82 Å². The van der Waals surface area contributed by atoms with Gasteiger partial charge in [-0.1, -0.05) is 37.1 Å². The quantitative estimate of drug-likeness (QED) is 0.649. The predicted octanol–water partition coefficient (Wildman–Crippen LogP) is 3.72. The Balaban J connectivity index is 1.31. The first-order valence-electron chi connectivity index (χ1n) is 11.5. The molecule has 0 atom stereocenters. The van der Waals surface area contributed by atoms with Crippen LogP contribution in [0.25, 0.3) is 17.0 Å². The van der Waals surface area contributed by atoms with Crippen LogP contribution in [-0.4, -0.2) is 56.8 Å². The highest BCUT2D eigenvalue weighted by Gasteiger charge is 2.29. The maximum Gasteiger partial charge on any atom is 0.225 e. The Kier molecular flexibility index (Phi) is 5.57. The molecule has 162 valence electrons. The number of aromatic nitrogens is 4. The minimum atomic E-state index is 0.149. The fourth-order valence-electron chi connectivity index (χ4n) is 4.84. The van der Waals surface area contributed by atoms with Crippen LogP contribution in [0.4, 0.5) is 5.82 Å². The van der Waals surface area contributed by atoms with Crippen LogP contribution < -0.4 is 4.90 Å². The summed E-state index contributed by atoms with van der Waals surface area (Å²) in [4.78, 5) is 17.4. The van der Waals surface area contributed by atoms with Gasteiger partial charge < -0.3 is 9.80 Å². The molecule has 2 fully saturated rings. The monoisotopic (exact) mass is 418 g/mol. The molecule has 1 amide bonds. The van der Waals surface area contributed by atoms with Gasteiger partial charge >= 0.3 is 0 Å². The van der Waals surface area contributed by atoms with Gasteiger partial charge in [0, 0.05) is 37.7 Å². The van der Waals surface area contributed by atoms with Gasteiger partial charge in [0.15, 0.2) is 11.5 Å². The third kappa shape index (κ3) is 4.01. The van der Waals surface area contributed by atoms with Crippen LogP contribution in [0.2, 0.25) is 0 Å². The van der Waals surface area contributed by atoms with Crippen LogP contribution >= 0.6 is 0 Å². The summed E-state index contributed by atoms with van der Waals surface area (Å²) in [6.07, 6.45) is 6.59.